The lowest BCUT2D eigenvalue weighted by Crippen LogP contribution is -2.06. The third-order valence-corrected chi connectivity index (χ3v) is 2.64. The number of hydrazone groups is 1. The van der Waals surface area contributed by atoms with Gasteiger partial charge in [-0.25, -0.2) is 4.98 Å². The van der Waals surface area contributed by atoms with Gasteiger partial charge in [0.05, 0.1) is 11.4 Å². The Morgan fingerprint density at radius 2 is 2.22 bits per heavy atom. The highest BCUT2D eigenvalue weighted by molar-refractivity contribution is 5.80. The average Bonchev–Trinajstić information content (AvgIpc) is 2.37. The van der Waals surface area contributed by atoms with Gasteiger partial charge in [0.15, 0.2) is 0 Å². The van der Waals surface area contributed by atoms with Crippen molar-refractivity contribution in [1.29, 1.82) is 0 Å². The van der Waals surface area contributed by atoms with E-state index < -0.39 is 0 Å². The molecule has 0 unspecified atom stereocenters. The molecule has 1 aromatic heterocycles. The Hall–Kier alpha value is -2.14. The number of rotatable bonds is 5. The van der Waals surface area contributed by atoms with Crippen LogP contribution in [0.1, 0.15) is 23.7 Å². The first-order valence-corrected chi connectivity index (χ1v) is 5.56. The van der Waals surface area contributed by atoms with Gasteiger partial charge in [0.2, 0.25) is 0 Å². The minimum atomic E-state index is 0.443. The van der Waals surface area contributed by atoms with Gasteiger partial charge >= 0.3 is 0 Å². The highest BCUT2D eigenvalue weighted by Gasteiger charge is 2.12. The highest BCUT2D eigenvalue weighted by atomic mass is 15.3. The van der Waals surface area contributed by atoms with Crippen LogP contribution in [0.5, 0.6) is 0 Å². The summed E-state index contributed by atoms with van der Waals surface area (Å²) in [5.41, 5.74) is 18.5. The molecule has 0 spiro atoms. The minimum Gasteiger partial charge on any atom is -0.383 e. The largest absolute Gasteiger partial charge is 0.383 e. The molecule has 0 atom stereocenters. The van der Waals surface area contributed by atoms with E-state index in [1.807, 2.05) is 19.9 Å². The zero-order chi connectivity index (χ0) is 13.7. The SMILES string of the molecule is C=Cc1nc(N)c(C)c(NN=C)c1/C=C(\C)CN. The van der Waals surface area contributed by atoms with Crippen molar-refractivity contribution < 1.29 is 0 Å². The first kappa shape index (κ1) is 13.9. The third-order valence-electron chi connectivity index (χ3n) is 2.64. The number of nitrogens with two attached hydrogens (primary N) is 2. The summed E-state index contributed by atoms with van der Waals surface area (Å²) in [6, 6.07) is 0. The van der Waals surface area contributed by atoms with Gasteiger partial charge in [-0.05, 0) is 19.9 Å². The number of nitrogen functional groups attached to an aromatic ring is 1. The van der Waals surface area contributed by atoms with E-state index in [1.54, 1.807) is 6.08 Å². The summed E-state index contributed by atoms with van der Waals surface area (Å²) in [4.78, 5) is 4.29. The van der Waals surface area contributed by atoms with Gasteiger partial charge < -0.3 is 11.5 Å². The number of hydrogen-bond donors (Lipinski definition) is 3. The summed E-state index contributed by atoms with van der Waals surface area (Å²) in [5.74, 6) is 0.443. The van der Waals surface area contributed by atoms with Crippen LogP contribution in [0.15, 0.2) is 17.3 Å². The van der Waals surface area contributed by atoms with Crippen molar-refractivity contribution in [2.45, 2.75) is 13.8 Å². The molecule has 0 bridgehead atoms. The van der Waals surface area contributed by atoms with Crippen molar-refractivity contribution in [2.75, 3.05) is 17.7 Å². The van der Waals surface area contributed by atoms with Crippen LogP contribution in [-0.2, 0) is 0 Å². The fourth-order valence-electron chi connectivity index (χ4n) is 1.56. The monoisotopic (exact) mass is 245 g/mol. The van der Waals surface area contributed by atoms with Crippen molar-refractivity contribution in [3.63, 3.8) is 0 Å². The Labute approximate surface area is 107 Å². The zero-order valence-corrected chi connectivity index (χ0v) is 10.8. The van der Waals surface area contributed by atoms with Crippen molar-refractivity contribution in [3.8, 4) is 0 Å². The maximum absolute atomic E-state index is 5.85. The molecule has 96 valence electrons. The number of aromatic nitrogens is 1. The smallest absolute Gasteiger partial charge is 0.129 e. The molecular formula is C13H19N5. The summed E-state index contributed by atoms with van der Waals surface area (Å²) in [7, 11) is 0. The molecule has 0 saturated heterocycles. The van der Waals surface area contributed by atoms with Crippen LogP contribution in [0, 0.1) is 6.92 Å². The van der Waals surface area contributed by atoms with Gasteiger partial charge in [0.1, 0.15) is 5.82 Å². The van der Waals surface area contributed by atoms with E-state index in [4.69, 9.17) is 11.5 Å². The van der Waals surface area contributed by atoms with E-state index in [-0.39, 0.29) is 0 Å². The van der Waals surface area contributed by atoms with Crippen LogP contribution in [0.4, 0.5) is 11.5 Å². The molecule has 18 heavy (non-hydrogen) atoms. The fourth-order valence-corrected chi connectivity index (χ4v) is 1.56. The van der Waals surface area contributed by atoms with Crippen LogP contribution in [0.2, 0.25) is 0 Å². The number of anilines is 2. The summed E-state index contributed by atoms with van der Waals surface area (Å²) in [5, 5.41) is 3.70. The topological polar surface area (TPSA) is 89.3 Å². The van der Waals surface area contributed by atoms with Crippen LogP contribution < -0.4 is 16.9 Å². The van der Waals surface area contributed by atoms with Crippen LogP contribution in [-0.4, -0.2) is 18.2 Å². The Bertz CT molecular complexity index is 503. The third kappa shape index (κ3) is 2.75. The second-order valence-corrected chi connectivity index (χ2v) is 3.96. The maximum atomic E-state index is 5.85. The highest BCUT2D eigenvalue weighted by Crippen LogP contribution is 2.29. The molecule has 0 amide bonds. The van der Waals surface area contributed by atoms with E-state index in [9.17, 15) is 0 Å². The lowest BCUT2D eigenvalue weighted by molar-refractivity contribution is 1.15. The summed E-state index contributed by atoms with van der Waals surface area (Å²) in [6.07, 6.45) is 3.60. The quantitative estimate of drug-likeness (QED) is 0.546. The molecule has 1 rings (SSSR count). The first-order chi connectivity index (χ1) is 8.54. The zero-order valence-electron chi connectivity index (χ0n) is 10.8. The van der Waals surface area contributed by atoms with Crippen LogP contribution in [0.3, 0.4) is 0 Å². The summed E-state index contributed by atoms with van der Waals surface area (Å²) in [6.45, 7) is 11.5. The van der Waals surface area contributed by atoms with Gasteiger partial charge in [0, 0.05) is 24.4 Å². The fraction of sp³-hybridized carbons (Fsp3) is 0.231. The van der Waals surface area contributed by atoms with Crippen molar-refractivity contribution in [1.82, 2.24) is 4.98 Å². The van der Waals surface area contributed by atoms with Gasteiger partial charge in [-0.1, -0.05) is 18.2 Å². The molecule has 5 nitrogen and oxygen atoms in total. The number of nitrogens with zero attached hydrogens (tertiary/aromatic N) is 2. The lowest BCUT2D eigenvalue weighted by atomic mass is 10.0. The average molecular weight is 245 g/mol. The molecule has 0 saturated carbocycles. The predicted octanol–water partition coefficient (Wildman–Crippen LogP) is 2.00. The Morgan fingerprint density at radius 3 is 2.72 bits per heavy atom. The normalized spacial score (nSPS) is 11.2. The molecule has 0 fully saturated rings. The molecule has 5 heteroatoms. The Morgan fingerprint density at radius 1 is 1.56 bits per heavy atom. The summed E-state index contributed by atoms with van der Waals surface area (Å²) >= 11 is 0. The molecule has 1 heterocycles. The van der Waals surface area contributed by atoms with Crippen LogP contribution >= 0.6 is 0 Å². The van der Waals surface area contributed by atoms with E-state index in [1.165, 1.54) is 0 Å². The Kier molecular flexibility index (Phi) is 4.62. The number of hydrogen-bond acceptors (Lipinski definition) is 5. The molecule has 0 aromatic carbocycles. The number of pyridine rings is 1. The van der Waals surface area contributed by atoms with Gasteiger partial charge in [-0.15, -0.1) is 0 Å². The summed E-state index contributed by atoms with van der Waals surface area (Å²) < 4.78 is 0. The van der Waals surface area contributed by atoms with E-state index in [0.717, 1.165) is 22.4 Å². The van der Waals surface area contributed by atoms with E-state index in [2.05, 4.69) is 28.8 Å². The standard InChI is InChI=1S/C13H19N5/c1-5-11-10(6-8(2)7-14)12(18-16-4)9(3)13(15)17-11/h5-6H,1,4,7,14H2,2-3H3,(H3,15,17,18)/b8-6+. The minimum absolute atomic E-state index is 0.443. The van der Waals surface area contributed by atoms with E-state index in [0.29, 0.717) is 18.1 Å². The Balaban J connectivity index is 3.57. The molecule has 0 aliphatic carbocycles. The molecule has 5 N–H and O–H groups in total. The van der Waals surface area contributed by atoms with E-state index >= 15 is 0 Å². The molecule has 0 aliphatic heterocycles. The molecule has 0 radical (unpaired) electrons. The number of nitrogens with one attached hydrogen (secondary N) is 1. The molecular weight excluding hydrogens is 226 g/mol. The molecule has 1 aromatic rings. The van der Waals surface area contributed by atoms with Crippen molar-refractivity contribution in [2.24, 2.45) is 10.8 Å². The van der Waals surface area contributed by atoms with Gasteiger partial charge in [-0.2, -0.15) is 5.10 Å². The van der Waals surface area contributed by atoms with Crippen LogP contribution in [0.25, 0.3) is 12.2 Å². The lowest BCUT2D eigenvalue weighted by Gasteiger charge is -2.14. The maximum Gasteiger partial charge on any atom is 0.129 e. The van der Waals surface area contributed by atoms with Gasteiger partial charge in [0.25, 0.3) is 0 Å². The van der Waals surface area contributed by atoms with Crippen molar-refractivity contribution in [3.05, 3.63) is 29.0 Å². The second kappa shape index (κ2) is 5.97. The first-order valence-electron chi connectivity index (χ1n) is 5.56. The van der Waals surface area contributed by atoms with Crippen molar-refractivity contribution >= 4 is 30.4 Å². The van der Waals surface area contributed by atoms with Gasteiger partial charge in [-0.3, -0.25) is 5.43 Å². The molecule has 0 aliphatic rings. The second-order valence-electron chi connectivity index (χ2n) is 3.96. The predicted molar refractivity (Wildman–Crippen MR) is 79.4 cm³/mol.